The maximum absolute atomic E-state index is 5.00. The van der Waals surface area contributed by atoms with E-state index in [4.69, 9.17) is 4.74 Å². The van der Waals surface area contributed by atoms with E-state index in [0.29, 0.717) is 0 Å². The van der Waals surface area contributed by atoms with E-state index >= 15 is 0 Å². The molecule has 0 aliphatic carbocycles. The molecule has 0 radical (unpaired) electrons. The van der Waals surface area contributed by atoms with Crippen LogP contribution in [-0.4, -0.2) is 29.8 Å². The summed E-state index contributed by atoms with van der Waals surface area (Å²) < 4.78 is 7.18. The molecule has 0 aliphatic rings. The minimum atomic E-state index is 0.749. The van der Waals surface area contributed by atoms with Gasteiger partial charge in [0.15, 0.2) is 0 Å². The fourth-order valence-corrected chi connectivity index (χ4v) is 2.61. The molecule has 0 aromatic carbocycles. The van der Waals surface area contributed by atoms with E-state index in [2.05, 4.69) is 45.6 Å². The third-order valence-corrected chi connectivity index (χ3v) is 3.91. The molecule has 5 heteroatoms. The van der Waals surface area contributed by atoms with Crippen LogP contribution in [0.1, 0.15) is 23.2 Å². The molecule has 0 bridgehead atoms. The monoisotopic (exact) mass is 279 g/mol. The molecule has 4 nitrogen and oxygen atoms in total. The van der Waals surface area contributed by atoms with Crippen LogP contribution in [0, 0.1) is 0 Å². The smallest absolute Gasteiger partial charge is 0.0926 e. The SMILES string of the molecule is CCc1nc(Cn2ccc(CNCCOC)c2)cs1. The highest BCUT2D eigenvalue weighted by Crippen LogP contribution is 2.12. The Balaban J connectivity index is 1.83. The number of thiazole rings is 1. The molecule has 104 valence electrons. The first-order chi connectivity index (χ1) is 9.31. The van der Waals surface area contributed by atoms with Gasteiger partial charge in [0.2, 0.25) is 0 Å². The van der Waals surface area contributed by atoms with Crippen LogP contribution >= 0.6 is 11.3 Å². The van der Waals surface area contributed by atoms with Crippen LogP contribution < -0.4 is 5.32 Å². The van der Waals surface area contributed by atoms with Crippen molar-refractivity contribution in [3.8, 4) is 0 Å². The summed E-state index contributed by atoms with van der Waals surface area (Å²) in [5.74, 6) is 0. The van der Waals surface area contributed by atoms with Crippen molar-refractivity contribution in [2.75, 3.05) is 20.3 Å². The lowest BCUT2D eigenvalue weighted by Gasteiger charge is -2.02. The topological polar surface area (TPSA) is 39.1 Å². The highest BCUT2D eigenvalue weighted by Gasteiger charge is 2.02. The molecule has 0 unspecified atom stereocenters. The van der Waals surface area contributed by atoms with Gasteiger partial charge in [-0.05, 0) is 18.1 Å². The van der Waals surface area contributed by atoms with E-state index in [1.165, 1.54) is 10.6 Å². The molecule has 0 aliphatic heterocycles. The van der Waals surface area contributed by atoms with Gasteiger partial charge in [-0.25, -0.2) is 4.98 Å². The van der Waals surface area contributed by atoms with Gasteiger partial charge in [0.25, 0.3) is 0 Å². The Morgan fingerprint density at radius 1 is 1.47 bits per heavy atom. The fourth-order valence-electron chi connectivity index (χ4n) is 1.87. The van der Waals surface area contributed by atoms with Gasteiger partial charge in [-0.1, -0.05) is 6.92 Å². The van der Waals surface area contributed by atoms with E-state index in [-0.39, 0.29) is 0 Å². The summed E-state index contributed by atoms with van der Waals surface area (Å²) >= 11 is 1.74. The molecule has 0 spiro atoms. The molecule has 0 saturated heterocycles. The van der Waals surface area contributed by atoms with Crippen molar-refractivity contribution in [1.29, 1.82) is 0 Å². The second-order valence-electron chi connectivity index (χ2n) is 4.45. The molecule has 1 N–H and O–H groups in total. The predicted molar refractivity (Wildman–Crippen MR) is 78.6 cm³/mol. The van der Waals surface area contributed by atoms with E-state index in [1.807, 2.05) is 0 Å². The Morgan fingerprint density at radius 2 is 2.37 bits per heavy atom. The minimum absolute atomic E-state index is 0.749. The Kier molecular flexibility index (Phi) is 5.57. The molecular weight excluding hydrogens is 258 g/mol. The first-order valence-electron chi connectivity index (χ1n) is 6.59. The maximum atomic E-state index is 5.00. The van der Waals surface area contributed by atoms with Crippen LogP contribution in [0.5, 0.6) is 0 Å². The molecule has 2 rings (SSSR count). The Morgan fingerprint density at radius 3 is 3.11 bits per heavy atom. The zero-order valence-corrected chi connectivity index (χ0v) is 12.4. The number of aryl methyl sites for hydroxylation is 1. The average Bonchev–Trinajstić information content (AvgIpc) is 3.05. The van der Waals surface area contributed by atoms with E-state index in [9.17, 15) is 0 Å². The second kappa shape index (κ2) is 7.43. The third kappa shape index (κ3) is 4.45. The number of hydrogen-bond acceptors (Lipinski definition) is 4. The summed E-state index contributed by atoms with van der Waals surface area (Å²) in [7, 11) is 1.72. The van der Waals surface area contributed by atoms with Gasteiger partial charge in [-0.3, -0.25) is 0 Å². The number of nitrogens with zero attached hydrogens (tertiary/aromatic N) is 2. The molecule has 0 amide bonds. The summed E-state index contributed by atoms with van der Waals surface area (Å²) in [5.41, 5.74) is 2.44. The Hall–Kier alpha value is -1.17. The molecule has 2 aromatic heterocycles. The van der Waals surface area contributed by atoms with Gasteiger partial charge >= 0.3 is 0 Å². The van der Waals surface area contributed by atoms with Crippen molar-refractivity contribution in [2.45, 2.75) is 26.4 Å². The summed E-state index contributed by atoms with van der Waals surface area (Å²) in [6.45, 7) is 5.51. The van der Waals surface area contributed by atoms with E-state index in [1.54, 1.807) is 18.4 Å². The summed E-state index contributed by atoms with van der Waals surface area (Å²) in [6, 6.07) is 2.15. The Bertz CT molecular complexity index is 492. The predicted octanol–water partition coefficient (Wildman–Crippen LogP) is 2.29. The first kappa shape index (κ1) is 14.2. The van der Waals surface area contributed by atoms with Gasteiger partial charge in [-0.2, -0.15) is 0 Å². The van der Waals surface area contributed by atoms with E-state index in [0.717, 1.165) is 38.4 Å². The molecular formula is C14H21N3OS. The molecule has 2 aromatic rings. The van der Waals surface area contributed by atoms with E-state index < -0.39 is 0 Å². The molecule has 19 heavy (non-hydrogen) atoms. The van der Waals surface area contributed by atoms with Gasteiger partial charge in [-0.15, -0.1) is 11.3 Å². The minimum Gasteiger partial charge on any atom is -0.383 e. The normalized spacial score (nSPS) is 11.1. The van der Waals surface area contributed by atoms with Crippen molar-refractivity contribution >= 4 is 11.3 Å². The lowest BCUT2D eigenvalue weighted by Crippen LogP contribution is -2.18. The van der Waals surface area contributed by atoms with Crippen molar-refractivity contribution in [3.63, 3.8) is 0 Å². The van der Waals surface area contributed by atoms with Gasteiger partial charge in [0.05, 0.1) is 23.9 Å². The van der Waals surface area contributed by atoms with Crippen LogP contribution in [0.3, 0.4) is 0 Å². The molecule has 0 saturated carbocycles. The highest BCUT2D eigenvalue weighted by molar-refractivity contribution is 7.09. The largest absolute Gasteiger partial charge is 0.383 e. The highest BCUT2D eigenvalue weighted by atomic mass is 32.1. The van der Waals surface area contributed by atoms with Crippen LogP contribution in [0.25, 0.3) is 0 Å². The number of aromatic nitrogens is 2. The maximum Gasteiger partial charge on any atom is 0.0926 e. The number of ether oxygens (including phenoxy) is 1. The van der Waals surface area contributed by atoms with Crippen molar-refractivity contribution < 1.29 is 4.74 Å². The van der Waals surface area contributed by atoms with Crippen LogP contribution in [0.4, 0.5) is 0 Å². The van der Waals surface area contributed by atoms with Gasteiger partial charge in [0.1, 0.15) is 0 Å². The zero-order valence-electron chi connectivity index (χ0n) is 11.6. The second-order valence-corrected chi connectivity index (χ2v) is 5.39. The van der Waals surface area contributed by atoms with Gasteiger partial charge in [0, 0.05) is 38.0 Å². The number of methoxy groups -OCH3 is 1. The fraction of sp³-hybridized carbons (Fsp3) is 0.500. The average molecular weight is 279 g/mol. The Labute approximate surface area is 118 Å². The quantitative estimate of drug-likeness (QED) is 0.754. The lowest BCUT2D eigenvalue weighted by atomic mass is 10.3. The lowest BCUT2D eigenvalue weighted by molar-refractivity contribution is 0.199. The van der Waals surface area contributed by atoms with Crippen LogP contribution in [0.2, 0.25) is 0 Å². The first-order valence-corrected chi connectivity index (χ1v) is 7.47. The van der Waals surface area contributed by atoms with Crippen molar-refractivity contribution in [1.82, 2.24) is 14.9 Å². The third-order valence-electron chi connectivity index (χ3n) is 2.87. The summed E-state index contributed by atoms with van der Waals surface area (Å²) in [5, 5.41) is 6.70. The molecule has 0 fully saturated rings. The van der Waals surface area contributed by atoms with Crippen LogP contribution in [-0.2, 0) is 24.2 Å². The number of nitrogens with one attached hydrogen (secondary N) is 1. The summed E-state index contributed by atoms with van der Waals surface area (Å²) in [6.07, 6.45) is 5.30. The van der Waals surface area contributed by atoms with Gasteiger partial charge < -0.3 is 14.6 Å². The van der Waals surface area contributed by atoms with Crippen molar-refractivity contribution in [3.05, 3.63) is 40.1 Å². The number of hydrogen-bond donors (Lipinski definition) is 1. The zero-order chi connectivity index (χ0) is 13.5. The summed E-state index contributed by atoms with van der Waals surface area (Å²) in [4.78, 5) is 4.59. The number of rotatable bonds is 8. The van der Waals surface area contributed by atoms with Crippen LogP contribution in [0.15, 0.2) is 23.8 Å². The molecule has 0 atom stereocenters. The van der Waals surface area contributed by atoms with Crippen molar-refractivity contribution in [2.24, 2.45) is 0 Å². The molecule has 2 heterocycles. The standard InChI is InChI=1S/C14H21N3OS/c1-3-14-16-13(11-19-14)10-17-6-4-12(9-17)8-15-5-7-18-2/h4,6,9,11,15H,3,5,7-8,10H2,1-2H3.